The molecule has 39 heavy (non-hydrogen) atoms. The maximum absolute atomic E-state index is 13.9. The summed E-state index contributed by atoms with van der Waals surface area (Å²) in [5.41, 5.74) is 1.83. The minimum Gasteiger partial charge on any atom is -0.343 e. The Morgan fingerprint density at radius 2 is 1.54 bits per heavy atom. The average molecular weight is 556 g/mol. The van der Waals surface area contributed by atoms with Crippen molar-refractivity contribution in [3.63, 3.8) is 0 Å². The molecule has 2 aliphatic heterocycles. The maximum Gasteiger partial charge on any atom is 0.247 e. The van der Waals surface area contributed by atoms with Crippen molar-refractivity contribution in [1.82, 2.24) is 25.2 Å². The fourth-order valence-corrected chi connectivity index (χ4v) is 6.19. The molecule has 0 spiro atoms. The van der Waals surface area contributed by atoms with Gasteiger partial charge in [0.05, 0.1) is 18.3 Å². The predicted octanol–water partition coefficient (Wildman–Crippen LogP) is 1.01. The number of sulfonamides is 1. The van der Waals surface area contributed by atoms with Gasteiger partial charge in [-0.1, -0.05) is 60.7 Å². The molecule has 0 aliphatic carbocycles. The Morgan fingerprint density at radius 3 is 2.08 bits per heavy atom. The molecule has 0 aromatic heterocycles. The number of nitrogens with zero attached hydrogens (tertiary/aromatic N) is 2. The second-order valence-electron chi connectivity index (χ2n) is 10.2. The van der Waals surface area contributed by atoms with E-state index in [-0.39, 0.29) is 25.0 Å². The SMILES string of the molecule is CNC(C)C(=O)NC1CN(S(C)(=O)=O)CCC2CCC(C(=O)NC(c3ccccc3)c3ccccc3)N2C1=O. The molecular formula is C28H37N5O5S. The van der Waals surface area contributed by atoms with Crippen molar-refractivity contribution in [3.8, 4) is 0 Å². The molecule has 4 atom stereocenters. The van der Waals surface area contributed by atoms with Gasteiger partial charge in [-0.2, -0.15) is 4.31 Å². The van der Waals surface area contributed by atoms with Crippen molar-refractivity contribution in [2.75, 3.05) is 26.4 Å². The molecule has 2 aromatic carbocycles. The van der Waals surface area contributed by atoms with Crippen LogP contribution in [-0.2, 0) is 24.4 Å². The first-order chi connectivity index (χ1) is 18.6. The zero-order valence-electron chi connectivity index (χ0n) is 22.5. The first-order valence-corrected chi connectivity index (χ1v) is 15.1. The van der Waals surface area contributed by atoms with E-state index in [1.54, 1.807) is 18.9 Å². The second kappa shape index (κ2) is 12.3. The molecule has 2 saturated heterocycles. The molecule has 2 aromatic rings. The lowest BCUT2D eigenvalue weighted by atomic mass is 9.98. The Hall–Kier alpha value is -3.28. The van der Waals surface area contributed by atoms with Gasteiger partial charge < -0.3 is 20.9 Å². The summed E-state index contributed by atoms with van der Waals surface area (Å²) in [6.45, 7) is 1.67. The van der Waals surface area contributed by atoms with Gasteiger partial charge in [-0.05, 0) is 44.4 Å². The van der Waals surface area contributed by atoms with Crippen molar-refractivity contribution in [3.05, 3.63) is 71.8 Å². The zero-order chi connectivity index (χ0) is 28.2. The highest BCUT2D eigenvalue weighted by Gasteiger charge is 2.46. The van der Waals surface area contributed by atoms with Crippen LogP contribution in [0.15, 0.2) is 60.7 Å². The van der Waals surface area contributed by atoms with Crippen LogP contribution in [0, 0.1) is 0 Å². The van der Waals surface area contributed by atoms with E-state index >= 15 is 0 Å². The summed E-state index contributed by atoms with van der Waals surface area (Å²) in [6.07, 6.45) is 2.53. The highest BCUT2D eigenvalue weighted by Crippen LogP contribution is 2.31. The third kappa shape index (κ3) is 6.66. The van der Waals surface area contributed by atoms with Crippen LogP contribution in [0.1, 0.15) is 43.4 Å². The smallest absolute Gasteiger partial charge is 0.247 e. The van der Waals surface area contributed by atoms with E-state index in [1.807, 2.05) is 60.7 Å². The van der Waals surface area contributed by atoms with Gasteiger partial charge in [-0.25, -0.2) is 8.42 Å². The van der Waals surface area contributed by atoms with E-state index in [2.05, 4.69) is 16.0 Å². The summed E-state index contributed by atoms with van der Waals surface area (Å²) in [5.74, 6) is -1.15. The third-order valence-corrected chi connectivity index (χ3v) is 8.89. The Labute approximate surface area is 230 Å². The first-order valence-electron chi connectivity index (χ1n) is 13.3. The molecule has 0 bridgehead atoms. The van der Waals surface area contributed by atoms with Gasteiger partial charge in [0.1, 0.15) is 12.1 Å². The normalized spacial score (nSPS) is 23.0. The molecule has 2 fully saturated rings. The fourth-order valence-electron chi connectivity index (χ4n) is 5.33. The number of benzene rings is 2. The Bertz CT molecular complexity index is 1230. The Morgan fingerprint density at radius 1 is 0.949 bits per heavy atom. The van der Waals surface area contributed by atoms with Crippen LogP contribution >= 0.6 is 0 Å². The minimum atomic E-state index is -3.60. The van der Waals surface area contributed by atoms with Gasteiger partial charge in [0, 0.05) is 19.1 Å². The molecule has 3 amide bonds. The van der Waals surface area contributed by atoms with Crippen LogP contribution < -0.4 is 16.0 Å². The molecule has 0 saturated carbocycles. The lowest BCUT2D eigenvalue weighted by Gasteiger charge is -2.38. The van der Waals surface area contributed by atoms with E-state index < -0.39 is 46.0 Å². The van der Waals surface area contributed by atoms with Gasteiger partial charge in [0.2, 0.25) is 27.7 Å². The van der Waals surface area contributed by atoms with Gasteiger partial charge in [-0.3, -0.25) is 14.4 Å². The van der Waals surface area contributed by atoms with E-state index in [1.165, 1.54) is 4.31 Å². The molecule has 4 unspecified atom stereocenters. The Balaban J connectivity index is 1.61. The van der Waals surface area contributed by atoms with E-state index in [0.717, 1.165) is 17.4 Å². The summed E-state index contributed by atoms with van der Waals surface area (Å²) in [7, 11) is -1.98. The van der Waals surface area contributed by atoms with Gasteiger partial charge in [-0.15, -0.1) is 0 Å². The average Bonchev–Trinajstić information content (AvgIpc) is 3.35. The zero-order valence-corrected chi connectivity index (χ0v) is 23.4. The fraction of sp³-hybridized carbons (Fsp3) is 0.464. The monoisotopic (exact) mass is 555 g/mol. The van der Waals surface area contributed by atoms with Crippen molar-refractivity contribution < 1.29 is 22.8 Å². The van der Waals surface area contributed by atoms with Crippen molar-refractivity contribution in [1.29, 1.82) is 0 Å². The van der Waals surface area contributed by atoms with Crippen LogP contribution in [-0.4, -0.2) is 85.9 Å². The highest BCUT2D eigenvalue weighted by atomic mass is 32.2. The molecule has 10 nitrogen and oxygen atoms in total. The van der Waals surface area contributed by atoms with Crippen molar-refractivity contribution in [2.45, 2.75) is 56.4 Å². The predicted molar refractivity (Wildman–Crippen MR) is 148 cm³/mol. The van der Waals surface area contributed by atoms with Crippen LogP contribution in [0.3, 0.4) is 0 Å². The topological polar surface area (TPSA) is 128 Å². The molecule has 4 rings (SSSR count). The summed E-state index contributed by atoms with van der Waals surface area (Å²) >= 11 is 0. The van der Waals surface area contributed by atoms with Crippen molar-refractivity contribution in [2.24, 2.45) is 0 Å². The summed E-state index contributed by atoms with van der Waals surface area (Å²) in [5, 5.41) is 8.72. The first kappa shape index (κ1) is 28.7. The van der Waals surface area contributed by atoms with Gasteiger partial charge in [0.25, 0.3) is 0 Å². The second-order valence-corrected chi connectivity index (χ2v) is 12.2. The van der Waals surface area contributed by atoms with E-state index in [0.29, 0.717) is 19.3 Å². The summed E-state index contributed by atoms with van der Waals surface area (Å²) < 4.78 is 26.1. The number of rotatable bonds is 8. The molecular weight excluding hydrogens is 518 g/mol. The number of hydrogen-bond donors (Lipinski definition) is 3. The highest BCUT2D eigenvalue weighted by molar-refractivity contribution is 7.88. The molecule has 3 N–H and O–H groups in total. The number of hydrogen-bond acceptors (Lipinski definition) is 6. The van der Waals surface area contributed by atoms with Crippen LogP contribution in [0.4, 0.5) is 0 Å². The Kier molecular flexibility index (Phi) is 9.04. The number of amides is 3. The lowest BCUT2D eigenvalue weighted by molar-refractivity contribution is -0.144. The molecule has 2 aliphatic rings. The summed E-state index contributed by atoms with van der Waals surface area (Å²) in [6, 6.07) is 16.1. The maximum atomic E-state index is 13.9. The summed E-state index contributed by atoms with van der Waals surface area (Å²) in [4.78, 5) is 42.0. The van der Waals surface area contributed by atoms with Gasteiger partial charge in [0.15, 0.2) is 0 Å². The number of nitrogens with one attached hydrogen (secondary N) is 3. The largest absolute Gasteiger partial charge is 0.343 e. The van der Waals surface area contributed by atoms with Crippen LogP contribution in [0.5, 0.6) is 0 Å². The van der Waals surface area contributed by atoms with Crippen LogP contribution in [0.25, 0.3) is 0 Å². The number of likely N-dealkylation sites (N-methyl/N-ethyl adjacent to an activating group) is 1. The standard InChI is InChI=1S/C28H37N5O5S/c1-19(29-2)26(34)30-23-18-32(39(3,37)38)17-16-22-14-15-24(33(22)28(23)36)27(35)31-25(20-10-6-4-7-11-20)21-12-8-5-9-13-21/h4-13,19,22-25,29H,14-18H2,1-3H3,(H,30,34)(H,31,35). The van der Waals surface area contributed by atoms with Crippen molar-refractivity contribution >= 4 is 27.7 Å². The lowest BCUT2D eigenvalue weighted by Crippen LogP contribution is -2.62. The molecule has 11 heteroatoms. The molecule has 0 radical (unpaired) electrons. The van der Waals surface area contributed by atoms with Gasteiger partial charge >= 0.3 is 0 Å². The molecule has 2 heterocycles. The van der Waals surface area contributed by atoms with Crippen LogP contribution in [0.2, 0.25) is 0 Å². The number of fused-ring (bicyclic) bond motifs is 1. The van der Waals surface area contributed by atoms with E-state index in [9.17, 15) is 22.8 Å². The van der Waals surface area contributed by atoms with E-state index in [4.69, 9.17) is 0 Å². The minimum absolute atomic E-state index is 0.186. The number of carbonyl (C=O) groups excluding carboxylic acids is 3. The molecule has 210 valence electrons. The number of carbonyl (C=O) groups is 3. The third-order valence-electron chi connectivity index (χ3n) is 7.62. The quantitative estimate of drug-likeness (QED) is 0.446.